The molecule has 114 valence electrons. The smallest absolute Gasteiger partial charge is 0.236 e. The molecule has 1 aliphatic heterocycles. The monoisotopic (exact) mass is 292 g/mol. The minimum absolute atomic E-state index is 0. The molecule has 3 atom stereocenters. The van der Waals surface area contributed by atoms with Crippen LogP contribution in [0, 0.1) is 17.8 Å². The van der Waals surface area contributed by atoms with E-state index in [-0.39, 0.29) is 30.5 Å². The number of nitrogens with two attached hydrogens (primary N) is 1. The van der Waals surface area contributed by atoms with E-state index in [2.05, 4.69) is 33.0 Å². The molecule has 0 aromatic carbocycles. The predicted molar refractivity (Wildman–Crippen MR) is 80.4 cm³/mol. The number of carbonyl (C=O) groups excluding carboxylic acids is 1. The lowest BCUT2D eigenvalue weighted by Gasteiger charge is -2.23. The first-order valence-electron chi connectivity index (χ1n) is 7.06. The van der Waals surface area contributed by atoms with Crippen molar-refractivity contribution in [3.63, 3.8) is 0 Å². The Morgan fingerprint density at radius 2 is 2.00 bits per heavy atom. The molecule has 1 rings (SSSR count). The maximum absolute atomic E-state index is 11.8. The van der Waals surface area contributed by atoms with Gasteiger partial charge in [0.05, 0.1) is 12.1 Å². The fourth-order valence-corrected chi connectivity index (χ4v) is 2.59. The predicted octanol–water partition coefficient (Wildman–Crippen LogP) is 1.96. The van der Waals surface area contributed by atoms with Crippen LogP contribution in [0.25, 0.3) is 0 Å². The third-order valence-corrected chi connectivity index (χ3v) is 3.52. The second-order valence-electron chi connectivity index (χ2n) is 6.11. The number of halogens is 1. The number of nitrogens with one attached hydrogen (secondary N) is 1. The van der Waals surface area contributed by atoms with Crippen molar-refractivity contribution in [2.75, 3.05) is 13.2 Å². The molecule has 0 aromatic rings. The van der Waals surface area contributed by atoms with E-state index in [4.69, 9.17) is 10.5 Å². The van der Waals surface area contributed by atoms with E-state index in [0.29, 0.717) is 24.3 Å². The van der Waals surface area contributed by atoms with Crippen molar-refractivity contribution in [3.8, 4) is 0 Å². The van der Waals surface area contributed by atoms with E-state index < -0.39 is 0 Å². The fourth-order valence-electron chi connectivity index (χ4n) is 2.59. The third-order valence-electron chi connectivity index (χ3n) is 3.52. The highest BCUT2D eigenvalue weighted by atomic mass is 35.5. The normalized spacial score (nSPS) is 24.4. The molecule has 0 spiro atoms. The largest absolute Gasteiger partial charge is 0.378 e. The Balaban J connectivity index is 0.00000324. The van der Waals surface area contributed by atoms with Crippen LogP contribution in [-0.2, 0) is 9.53 Å². The van der Waals surface area contributed by atoms with Crippen LogP contribution in [0.1, 0.15) is 40.5 Å². The van der Waals surface area contributed by atoms with Gasteiger partial charge < -0.3 is 15.8 Å². The molecule has 0 bridgehead atoms. The first-order valence-corrected chi connectivity index (χ1v) is 7.06. The van der Waals surface area contributed by atoms with Gasteiger partial charge in [-0.1, -0.05) is 27.7 Å². The molecule has 0 aliphatic carbocycles. The summed E-state index contributed by atoms with van der Waals surface area (Å²) in [5, 5.41) is 2.97. The molecule has 5 heteroatoms. The maximum atomic E-state index is 11.8. The molecule has 0 aromatic heterocycles. The first kappa shape index (κ1) is 18.7. The summed E-state index contributed by atoms with van der Waals surface area (Å²) in [7, 11) is 0. The van der Waals surface area contributed by atoms with Crippen LogP contribution in [-0.4, -0.2) is 31.2 Å². The summed E-state index contributed by atoms with van der Waals surface area (Å²) < 4.78 is 5.70. The molecule has 0 radical (unpaired) electrons. The fraction of sp³-hybridized carbons (Fsp3) is 0.929. The van der Waals surface area contributed by atoms with E-state index in [1.807, 2.05) is 0 Å². The molecule has 4 nitrogen and oxygen atoms in total. The zero-order valence-corrected chi connectivity index (χ0v) is 13.3. The SMILES string of the molecule is CC(C)C[C@H](N)C(=O)NCC1CCOC1C(C)C.Cl. The third kappa shape index (κ3) is 6.11. The highest BCUT2D eigenvalue weighted by Gasteiger charge is 2.31. The molecule has 1 amide bonds. The summed E-state index contributed by atoms with van der Waals surface area (Å²) >= 11 is 0. The lowest BCUT2D eigenvalue weighted by atomic mass is 9.93. The summed E-state index contributed by atoms with van der Waals surface area (Å²) in [6, 6.07) is -0.384. The van der Waals surface area contributed by atoms with Crippen molar-refractivity contribution in [3.05, 3.63) is 0 Å². The average molecular weight is 293 g/mol. The van der Waals surface area contributed by atoms with Crippen LogP contribution in [0.4, 0.5) is 0 Å². The van der Waals surface area contributed by atoms with Gasteiger partial charge in [-0.3, -0.25) is 4.79 Å². The molecule has 1 aliphatic rings. The average Bonchev–Trinajstić information content (AvgIpc) is 2.72. The molecule has 1 fully saturated rings. The van der Waals surface area contributed by atoms with Crippen LogP contribution < -0.4 is 11.1 Å². The van der Waals surface area contributed by atoms with Crippen LogP contribution in [0.3, 0.4) is 0 Å². The number of hydrogen-bond donors (Lipinski definition) is 2. The number of amides is 1. The van der Waals surface area contributed by atoms with Gasteiger partial charge in [0.25, 0.3) is 0 Å². The van der Waals surface area contributed by atoms with Crippen molar-refractivity contribution in [2.45, 2.75) is 52.7 Å². The maximum Gasteiger partial charge on any atom is 0.236 e. The van der Waals surface area contributed by atoms with Crippen LogP contribution >= 0.6 is 12.4 Å². The molecular formula is C14H29ClN2O2. The Morgan fingerprint density at radius 3 is 2.53 bits per heavy atom. The highest BCUT2D eigenvalue weighted by molar-refractivity contribution is 5.85. The van der Waals surface area contributed by atoms with Gasteiger partial charge in [0.1, 0.15) is 0 Å². The summed E-state index contributed by atoms with van der Waals surface area (Å²) in [5.41, 5.74) is 5.85. The van der Waals surface area contributed by atoms with Gasteiger partial charge >= 0.3 is 0 Å². The van der Waals surface area contributed by atoms with Gasteiger partial charge in [-0.05, 0) is 24.7 Å². The van der Waals surface area contributed by atoms with Crippen LogP contribution in [0.15, 0.2) is 0 Å². The standard InChI is InChI=1S/C14H28N2O2.ClH/c1-9(2)7-12(15)14(17)16-8-11-5-6-18-13(11)10(3)4;/h9-13H,5-8,15H2,1-4H3,(H,16,17);1H/t11?,12-,13?;/m0./s1. The summed E-state index contributed by atoms with van der Waals surface area (Å²) in [6.07, 6.45) is 2.04. The van der Waals surface area contributed by atoms with E-state index in [0.717, 1.165) is 19.4 Å². The van der Waals surface area contributed by atoms with E-state index in [9.17, 15) is 4.79 Å². The highest BCUT2D eigenvalue weighted by Crippen LogP contribution is 2.26. The van der Waals surface area contributed by atoms with Crippen molar-refractivity contribution in [1.29, 1.82) is 0 Å². The number of carbonyl (C=O) groups is 1. The number of rotatable bonds is 6. The number of ether oxygens (including phenoxy) is 1. The minimum Gasteiger partial charge on any atom is -0.378 e. The van der Waals surface area contributed by atoms with Crippen molar-refractivity contribution in [2.24, 2.45) is 23.5 Å². The minimum atomic E-state index is -0.384. The lowest BCUT2D eigenvalue weighted by Crippen LogP contribution is -2.44. The second-order valence-corrected chi connectivity index (χ2v) is 6.11. The van der Waals surface area contributed by atoms with Gasteiger partial charge in [-0.2, -0.15) is 0 Å². The summed E-state index contributed by atoms with van der Waals surface area (Å²) in [5.74, 6) is 1.35. The zero-order valence-electron chi connectivity index (χ0n) is 12.5. The van der Waals surface area contributed by atoms with E-state index in [1.54, 1.807) is 0 Å². The molecule has 2 unspecified atom stereocenters. The quantitative estimate of drug-likeness (QED) is 0.786. The lowest BCUT2D eigenvalue weighted by molar-refractivity contribution is -0.123. The second kappa shape index (κ2) is 8.77. The molecular weight excluding hydrogens is 264 g/mol. The molecule has 1 saturated heterocycles. The molecule has 0 saturated carbocycles. The van der Waals surface area contributed by atoms with Crippen LogP contribution in [0.2, 0.25) is 0 Å². The molecule has 19 heavy (non-hydrogen) atoms. The van der Waals surface area contributed by atoms with E-state index >= 15 is 0 Å². The number of hydrogen-bond acceptors (Lipinski definition) is 3. The van der Waals surface area contributed by atoms with Gasteiger partial charge in [-0.15, -0.1) is 12.4 Å². The topological polar surface area (TPSA) is 64.4 Å². The molecule has 3 N–H and O–H groups in total. The van der Waals surface area contributed by atoms with Crippen molar-refractivity contribution < 1.29 is 9.53 Å². The Kier molecular flexibility index (Phi) is 8.62. The first-order chi connectivity index (χ1) is 8.41. The van der Waals surface area contributed by atoms with Gasteiger partial charge in [0.2, 0.25) is 5.91 Å². The van der Waals surface area contributed by atoms with Gasteiger partial charge in [0, 0.05) is 19.1 Å². The van der Waals surface area contributed by atoms with Crippen LogP contribution in [0.5, 0.6) is 0 Å². The van der Waals surface area contributed by atoms with E-state index in [1.165, 1.54) is 0 Å². The van der Waals surface area contributed by atoms with Gasteiger partial charge in [-0.25, -0.2) is 0 Å². The Morgan fingerprint density at radius 1 is 1.37 bits per heavy atom. The zero-order chi connectivity index (χ0) is 13.7. The Bertz CT molecular complexity index is 272. The van der Waals surface area contributed by atoms with Crippen molar-refractivity contribution in [1.82, 2.24) is 5.32 Å². The Hall–Kier alpha value is -0.320. The summed E-state index contributed by atoms with van der Waals surface area (Å²) in [6.45, 7) is 9.97. The molecule has 1 heterocycles. The van der Waals surface area contributed by atoms with Gasteiger partial charge in [0.15, 0.2) is 0 Å². The summed E-state index contributed by atoms with van der Waals surface area (Å²) in [4.78, 5) is 11.8. The van der Waals surface area contributed by atoms with Crippen molar-refractivity contribution >= 4 is 18.3 Å². The Labute approximate surface area is 123 Å².